The minimum absolute atomic E-state index is 0.0146. The highest BCUT2D eigenvalue weighted by atomic mass is 32.2. The number of aromatic nitrogens is 2. The number of hydrogen-bond acceptors (Lipinski definition) is 7. The Bertz CT molecular complexity index is 946. The zero-order chi connectivity index (χ0) is 20.3. The summed E-state index contributed by atoms with van der Waals surface area (Å²) < 4.78 is 12.1. The maximum Gasteiger partial charge on any atom is 0.268 e. The molecular formula is C19H23N3O4S2. The molecule has 1 aliphatic rings. The summed E-state index contributed by atoms with van der Waals surface area (Å²) in [5.41, 5.74) is 1.36. The predicted octanol–water partition coefficient (Wildman–Crippen LogP) is 3.05. The maximum absolute atomic E-state index is 12.7. The van der Waals surface area contributed by atoms with E-state index in [4.69, 9.17) is 9.47 Å². The smallest absolute Gasteiger partial charge is 0.268 e. The molecule has 0 fully saturated rings. The molecule has 9 heteroatoms. The average molecular weight is 422 g/mol. The van der Waals surface area contributed by atoms with Crippen LogP contribution in [0.3, 0.4) is 0 Å². The highest BCUT2D eigenvalue weighted by molar-refractivity contribution is 8.00. The Balaban J connectivity index is 1.75. The lowest BCUT2D eigenvalue weighted by molar-refractivity contribution is -0.113. The van der Waals surface area contributed by atoms with E-state index in [1.165, 1.54) is 11.8 Å². The van der Waals surface area contributed by atoms with Crippen LogP contribution < -0.4 is 20.3 Å². The van der Waals surface area contributed by atoms with E-state index in [0.717, 1.165) is 17.0 Å². The SMILES string of the molecule is CCn1c(SCC(=O)Nc2cc(OC)ccc2OC)nc2c(c1=O)S[C@H](C)C2. The molecule has 0 saturated carbocycles. The van der Waals surface area contributed by atoms with Gasteiger partial charge in [-0.25, -0.2) is 4.98 Å². The fourth-order valence-corrected chi connectivity index (χ4v) is 4.94. The van der Waals surface area contributed by atoms with Gasteiger partial charge in [-0.1, -0.05) is 18.7 Å². The van der Waals surface area contributed by atoms with Gasteiger partial charge < -0.3 is 14.8 Å². The molecule has 1 atom stereocenters. The van der Waals surface area contributed by atoms with Crippen molar-refractivity contribution in [2.24, 2.45) is 0 Å². The van der Waals surface area contributed by atoms with Crippen molar-refractivity contribution in [3.63, 3.8) is 0 Å². The van der Waals surface area contributed by atoms with Crippen LogP contribution in [0.2, 0.25) is 0 Å². The van der Waals surface area contributed by atoms with E-state index in [-0.39, 0.29) is 17.2 Å². The summed E-state index contributed by atoms with van der Waals surface area (Å²) in [5, 5.41) is 3.76. The van der Waals surface area contributed by atoms with Crippen molar-refractivity contribution in [3.05, 3.63) is 34.2 Å². The second kappa shape index (κ2) is 8.91. The minimum Gasteiger partial charge on any atom is -0.497 e. The number of methoxy groups -OCH3 is 2. The molecule has 7 nitrogen and oxygen atoms in total. The third-order valence-corrected chi connectivity index (χ3v) is 6.48. The minimum atomic E-state index is -0.211. The number of nitrogens with one attached hydrogen (secondary N) is 1. The molecule has 2 heterocycles. The van der Waals surface area contributed by atoms with Gasteiger partial charge in [0, 0.05) is 24.3 Å². The van der Waals surface area contributed by atoms with Gasteiger partial charge in [-0.3, -0.25) is 14.2 Å². The van der Waals surface area contributed by atoms with Gasteiger partial charge in [0.2, 0.25) is 5.91 Å². The number of carbonyl (C=O) groups is 1. The summed E-state index contributed by atoms with van der Waals surface area (Å²) in [6.45, 7) is 4.51. The monoisotopic (exact) mass is 421 g/mol. The van der Waals surface area contributed by atoms with E-state index in [2.05, 4.69) is 17.2 Å². The lowest BCUT2D eigenvalue weighted by Crippen LogP contribution is -2.25. The summed E-state index contributed by atoms with van der Waals surface area (Å²) in [5.74, 6) is 1.09. The summed E-state index contributed by atoms with van der Waals surface area (Å²) in [6, 6.07) is 5.20. The van der Waals surface area contributed by atoms with Gasteiger partial charge in [0.1, 0.15) is 11.5 Å². The first-order valence-electron chi connectivity index (χ1n) is 8.91. The van der Waals surface area contributed by atoms with Gasteiger partial charge in [0.05, 0.1) is 36.2 Å². The van der Waals surface area contributed by atoms with Crippen molar-refractivity contribution in [1.82, 2.24) is 9.55 Å². The van der Waals surface area contributed by atoms with Gasteiger partial charge in [0.25, 0.3) is 5.56 Å². The summed E-state index contributed by atoms with van der Waals surface area (Å²) in [7, 11) is 3.10. The number of benzene rings is 1. The molecule has 1 amide bonds. The second-order valence-electron chi connectivity index (χ2n) is 6.26. The number of rotatable bonds is 7. The zero-order valence-corrected chi connectivity index (χ0v) is 17.9. The number of amides is 1. The molecule has 28 heavy (non-hydrogen) atoms. The molecule has 150 valence electrons. The summed E-state index contributed by atoms with van der Waals surface area (Å²) in [6.07, 6.45) is 0.778. The first-order valence-corrected chi connectivity index (χ1v) is 10.8. The highest BCUT2D eigenvalue weighted by Gasteiger charge is 2.26. The van der Waals surface area contributed by atoms with Crippen LogP contribution in [-0.4, -0.2) is 40.7 Å². The van der Waals surface area contributed by atoms with Gasteiger partial charge in [0.15, 0.2) is 5.16 Å². The standard InChI is InChI=1S/C19H23N3O4S2/c1-5-22-18(24)17-14(8-11(2)28-17)21-19(22)27-10-16(23)20-13-9-12(25-3)6-7-15(13)26-4/h6-7,9,11H,5,8,10H2,1-4H3,(H,20,23)/t11-/m1/s1. The predicted molar refractivity (Wildman–Crippen MR) is 112 cm³/mol. The molecular weight excluding hydrogens is 398 g/mol. The largest absolute Gasteiger partial charge is 0.497 e. The van der Waals surface area contributed by atoms with Crippen molar-refractivity contribution in [2.45, 2.75) is 42.1 Å². The molecule has 0 bridgehead atoms. The number of fused-ring (bicyclic) bond motifs is 1. The lowest BCUT2D eigenvalue weighted by atomic mass is 10.2. The third kappa shape index (κ3) is 4.30. The van der Waals surface area contributed by atoms with Crippen LogP contribution in [0.5, 0.6) is 11.5 Å². The highest BCUT2D eigenvalue weighted by Crippen LogP contribution is 2.34. The Hall–Kier alpha value is -2.13. The molecule has 0 saturated heterocycles. The molecule has 1 aromatic heterocycles. The molecule has 2 aromatic rings. The van der Waals surface area contributed by atoms with Gasteiger partial charge in [-0.05, 0) is 19.1 Å². The van der Waals surface area contributed by atoms with Crippen molar-refractivity contribution >= 4 is 35.1 Å². The maximum atomic E-state index is 12.7. The zero-order valence-electron chi connectivity index (χ0n) is 16.3. The molecule has 0 radical (unpaired) electrons. The van der Waals surface area contributed by atoms with Crippen LogP contribution >= 0.6 is 23.5 Å². The Morgan fingerprint density at radius 1 is 1.39 bits per heavy atom. The number of thioether (sulfide) groups is 2. The molecule has 0 unspecified atom stereocenters. The van der Waals surface area contributed by atoms with Crippen molar-refractivity contribution in [2.75, 3.05) is 25.3 Å². The normalized spacial score (nSPS) is 15.2. The fourth-order valence-electron chi connectivity index (χ4n) is 2.95. The molecule has 0 spiro atoms. The number of anilines is 1. The van der Waals surface area contributed by atoms with E-state index in [9.17, 15) is 9.59 Å². The van der Waals surface area contributed by atoms with Crippen LogP contribution in [0.25, 0.3) is 0 Å². The Morgan fingerprint density at radius 2 is 2.18 bits per heavy atom. The number of nitrogens with zero attached hydrogens (tertiary/aromatic N) is 2. The molecule has 1 N–H and O–H groups in total. The second-order valence-corrected chi connectivity index (χ2v) is 8.65. The van der Waals surface area contributed by atoms with Crippen molar-refractivity contribution in [3.8, 4) is 11.5 Å². The van der Waals surface area contributed by atoms with E-state index in [1.807, 2.05) is 6.92 Å². The van der Waals surface area contributed by atoms with Crippen molar-refractivity contribution in [1.29, 1.82) is 0 Å². The van der Waals surface area contributed by atoms with E-state index in [0.29, 0.717) is 34.1 Å². The Kier molecular flexibility index (Phi) is 6.56. The third-order valence-electron chi connectivity index (χ3n) is 4.29. The van der Waals surface area contributed by atoms with Crippen LogP contribution in [0.15, 0.2) is 33.0 Å². The van der Waals surface area contributed by atoms with Crippen LogP contribution in [0, 0.1) is 0 Å². The van der Waals surface area contributed by atoms with Crippen LogP contribution in [0.1, 0.15) is 19.5 Å². The average Bonchev–Trinajstić information content (AvgIpc) is 3.07. The van der Waals surface area contributed by atoms with Crippen LogP contribution in [-0.2, 0) is 17.8 Å². The van der Waals surface area contributed by atoms with Gasteiger partial charge >= 0.3 is 0 Å². The molecule has 3 rings (SSSR count). The Labute approximate surface area is 172 Å². The first kappa shape index (κ1) is 20.6. The van der Waals surface area contributed by atoms with Crippen molar-refractivity contribution < 1.29 is 14.3 Å². The fraction of sp³-hybridized carbons (Fsp3) is 0.421. The van der Waals surface area contributed by atoms with E-state index < -0.39 is 0 Å². The van der Waals surface area contributed by atoms with E-state index >= 15 is 0 Å². The molecule has 1 aliphatic heterocycles. The van der Waals surface area contributed by atoms with Gasteiger partial charge in [-0.2, -0.15) is 0 Å². The lowest BCUT2D eigenvalue weighted by Gasteiger charge is -2.13. The molecule has 1 aromatic carbocycles. The summed E-state index contributed by atoms with van der Waals surface area (Å²) >= 11 is 2.84. The number of ether oxygens (including phenoxy) is 2. The Morgan fingerprint density at radius 3 is 2.86 bits per heavy atom. The first-order chi connectivity index (χ1) is 13.5. The number of carbonyl (C=O) groups excluding carboxylic acids is 1. The summed E-state index contributed by atoms with van der Waals surface area (Å²) in [4.78, 5) is 30.6. The van der Waals surface area contributed by atoms with Crippen LogP contribution in [0.4, 0.5) is 5.69 Å². The van der Waals surface area contributed by atoms with Gasteiger partial charge in [-0.15, -0.1) is 11.8 Å². The number of hydrogen-bond donors (Lipinski definition) is 1. The quantitative estimate of drug-likeness (QED) is 0.543. The van der Waals surface area contributed by atoms with E-state index in [1.54, 1.807) is 48.7 Å². The topological polar surface area (TPSA) is 82.5 Å². The molecule has 0 aliphatic carbocycles.